The smallest absolute Gasteiger partial charge is 0.124 e. The Labute approximate surface area is 102 Å². The summed E-state index contributed by atoms with van der Waals surface area (Å²) in [6.45, 7) is 4.27. The highest BCUT2D eigenvalue weighted by atomic mass is 16.5. The molecule has 1 heterocycles. The van der Waals surface area contributed by atoms with E-state index in [1.54, 1.807) is 7.11 Å². The third-order valence-electron chi connectivity index (χ3n) is 2.76. The molecular formula is C13H19NO3. The Morgan fingerprint density at radius 2 is 2.00 bits per heavy atom. The summed E-state index contributed by atoms with van der Waals surface area (Å²) in [5.74, 6) is 0.975. The number of rotatable bonds is 7. The Bertz CT molecular complexity index is 355. The number of ether oxygens (including phenoxy) is 3. The first-order chi connectivity index (χ1) is 8.42. The molecule has 0 radical (unpaired) electrons. The van der Waals surface area contributed by atoms with Gasteiger partial charge in [0.15, 0.2) is 0 Å². The third kappa shape index (κ3) is 3.43. The fourth-order valence-electron chi connectivity index (χ4n) is 1.89. The summed E-state index contributed by atoms with van der Waals surface area (Å²) in [5, 5.41) is 3.32. The molecule has 0 aliphatic carbocycles. The van der Waals surface area contributed by atoms with E-state index in [4.69, 9.17) is 14.2 Å². The first kappa shape index (κ1) is 12.4. The van der Waals surface area contributed by atoms with Crippen LogP contribution < -0.4 is 10.1 Å². The lowest BCUT2D eigenvalue weighted by Crippen LogP contribution is -2.10. The zero-order valence-corrected chi connectivity index (χ0v) is 10.2. The van der Waals surface area contributed by atoms with Crippen molar-refractivity contribution < 1.29 is 14.2 Å². The number of methoxy groups -OCH3 is 1. The minimum absolute atomic E-state index is 0.583. The number of benzene rings is 1. The number of fused-ring (bicyclic) bond motifs is 1. The van der Waals surface area contributed by atoms with Gasteiger partial charge in [-0.3, -0.25) is 0 Å². The molecule has 0 bridgehead atoms. The van der Waals surface area contributed by atoms with Gasteiger partial charge < -0.3 is 19.5 Å². The van der Waals surface area contributed by atoms with Crippen molar-refractivity contribution in [3.8, 4) is 5.75 Å². The van der Waals surface area contributed by atoms with Crippen LogP contribution in [0.2, 0.25) is 0 Å². The molecule has 0 saturated carbocycles. The van der Waals surface area contributed by atoms with Crippen LogP contribution >= 0.6 is 0 Å². The van der Waals surface area contributed by atoms with E-state index < -0.39 is 0 Å². The Morgan fingerprint density at radius 1 is 1.12 bits per heavy atom. The van der Waals surface area contributed by atoms with Crippen molar-refractivity contribution in [1.82, 2.24) is 5.32 Å². The summed E-state index contributed by atoms with van der Waals surface area (Å²) in [4.78, 5) is 0. The summed E-state index contributed by atoms with van der Waals surface area (Å²) < 4.78 is 16.0. The molecule has 0 fully saturated rings. The van der Waals surface area contributed by atoms with Gasteiger partial charge in [0.1, 0.15) is 12.4 Å². The molecule has 1 aromatic rings. The maximum absolute atomic E-state index is 5.72. The van der Waals surface area contributed by atoms with Crippen LogP contribution in [0.3, 0.4) is 0 Å². The van der Waals surface area contributed by atoms with Crippen LogP contribution in [0.4, 0.5) is 0 Å². The highest BCUT2D eigenvalue weighted by Crippen LogP contribution is 2.25. The first-order valence-corrected chi connectivity index (χ1v) is 5.93. The van der Waals surface area contributed by atoms with Crippen molar-refractivity contribution in [3.05, 3.63) is 29.3 Å². The van der Waals surface area contributed by atoms with Crippen LogP contribution in [-0.4, -0.2) is 33.5 Å². The quantitative estimate of drug-likeness (QED) is 0.726. The van der Waals surface area contributed by atoms with Gasteiger partial charge in [0.05, 0.1) is 19.8 Å². The van der Waals surface area contributed by atoms with E-state index in [1.165, 1.54) is 11.1 Å². The average Bonchev–Trinajstić information content (AvgIpc) is 2.82. The maximum atomic E-state index is 5.72. The van der Waals surface area contributed by atoms with Gasteiger partial charge in [-0.2, -0.15) is 0 Å². The van der Waals surface area contributed by atoms with Crippen LogP contribution in [0.15, 0.2) is 18.2 Å². The van der Waals surface area contributed by atoms with E-state index in [2.05, 4.69) is 11.4 Å². The first-order valence-electron chi connectivity index (χ1n) is 5.93. The Balaban J connectivity index is 1.74. The van der Waals surface area contributed by atoms with E-state index in [-0.39, 0.29) is 0 Å². The standard InChI is InChI=1S/C13H19NO3/c1-15-5-6-16-7-8-17-13-4-2-3-11-9-14-10-12(11)13/h2-4,14H,5-10H2,1H3. The van der Waals surface area contributed by atoms with E-state index >= 15 is 0 Å². The van der Waals surface area contributed by atoms with Crippen LogP contribution in [0.1, 0.15) is 11.1 Å². The molecule has 0 saturated heterocycles. The highest BCUT2D eigenvalue weighted by Gasteiger charge is 2.14. The third-order valence-corrected chi connectivity index (χ3v) is 2.76. The summed E-state index contributed by atoms with van der Waals surface area (Å²) in [5.41, 5.74) is 2.62. The zero-order chi connectivity index (χ0) is 11.9. The largest absolute Gasteiger partial charge is 0.491 e. The van der Waals surface area contributed by atoms with E-state index in [0.717, 1.165) is 18.8 Å². The lowest BCUT2D eigenvalue weighted by molar-refractivity contribution is 0.0543. The Kier molecular flexibility index (Phi) is 4.79. The molecule has 0 unspecified atom stereocenters. The van der Waals surface area contributed by atoms with Crippen molar-refractivity contribution in [1.29, 1.82) is 0 Å². The fourth-order valence-corrected chi connectivity index (χ4v) is 1.89. The molecule has 4 nitrogen and oxygen atoms in total. The summed E-state index contributed by atoms with van der Waals surface area (Å²) in [6, 6.07) is 6.19. The summed E-state index contributed by atoms with van der Waals surface area (Å²) in [7, 11) is 1.67. The highest BCUT2D eigenvalue weighted by molar-refractivity contribution is 5.42. The SMILES string of the molecule is COCCOCCOc1cccc2c1CNC2. The second-order valence-electron chi connectivity index (χ2n) is 3.95. The molecule has 4 heteroatoms. The van der Waals surface area contributed by atoms with Crippen molar-refractivity contribution >= 4 is 0 Å². The van der Waals surface area contributed by atoms with E-state index in [9.17, 15) is 0 Å². The lowest BCUT2D eigenvalue weighted by atomic mass is 10.1. The van der Waals surface area contributed by atoms with Gasteiger partial charge in [-0.05, 0) is 11.6 Å². The molecule has 0 spiro atoms. The van der Waals surface area contributed by atoms with Gasteiger partial charge in [0, 0.05) is 25.8 Å². The second kappa shape index (κ2) is 6.59. The van der Waals surface area contributed by atoms with Gasteiger partial charge >= 0.3 is 0 Å². The van der Waals surface area contributed by atoms with Crippen LogP contribution in [0.5, 0.6) is 5.75 Å². The maximum Gasteiger partial charge on any atom is 0.124 e. The zero-order valence-electron chi connectivity index (χ0n) is 10.2. The average molecular weight is 237 g/mol. The second-order valence-corrected chi connectivity index (χ2v) is 3.95. The van der Waals surface area contributed by atoms with Gasteiger partial charge in [-0.25, -0.2) is 0 Å². The van der Waals surface area contributed by atoms with Gasteiger partial charge in [0.2, 0.25) is 0 Å². The molecule has 1 aliphatic rings. The van der Waals surface area contributed by atoms with Gasteiger partial charge in [-0.15, -0.1) is 0 Å². The van der Waals surface area contributed by atoms with Crippen molar-refractivity contribution in [2.24, 2.45) is 0 Å². The fraction of sp³-hybridized carbons (Fsp3) is 0.538. The molecule has 1 aliphatic heterocycles. The molecule has 0 amide bonds. The molecule has 1 aromatic carbocycles. The van der Waals surface area contributed by atoms with Crippen LogP contribution in [0.25, 0.3) is 0 Å². The number of nitrogens with one attached hydrogen (secondary N) is 1. The molecule has 1 N–H and O–H groups in total. The van der Waals surface area contributed by atoms with Crippen molar-refractivity contribution in [2.45, 2.75) is 13.1 Å². The predicted molar refractivity (Wildman–Crippen MR) is 65.2 cm³/mol. The van der Waals surface area contributed by atoms with Gasteiger partial charge in [-0.1, -0.05) is 12.1 Å². The Hall–Kier alpha value is -1.10. The minimum atomic E-state index is 0.583. The summed E-state index contributed by atoms with van der Waals surface area (Å²) in [6.07, 6.45) is 0. The molecule has 94 valence electrons. The van der Waals surface area contributed by atoms with Crippen molar-refractivity contribution in [3.63, 3.8) is 0 Å². The van der Waals surface area contributed by atoms with E-state index in [1.807, 2.05) is 12.1 Å². The molecule has 0 atom stereocenters. The van der Waals surface area contributed by atoms with Crippen LogP contribution in [0, 0.1) is 0 Å². The van der Waals surface area contributed by atoms with Crippen LogP contribution in [-0.2, 0) is 22.6 Å². The number of hydrogen-bond acceptors (Lipinski definition) is 4. The normalized spacial score (nSPS) is 13.7. The lowest BCUT2D eigenvalue weighted by Gasteiger charge is -2.10. The Morgan fingerprint density at radius 3 is 2.88 bits per heavy atom. The van der Waals surface area contributed by atoms with Crippen molar-refractivity contribution in [2.75, 3.05) is 33.5 Å². The molecule has 17 heavy (non-hydrogen) atoms. The minimum Gasteiger partial charge on any atom is -0.491 e. The topological polar surface area (TPSA) is 39.7 Å². The molecule has 2 rings (SSSR count). The molecule has 0 aromatic heterocycles. The number of hydrogen-bond donors (Lipinski definition) is 1. The molecular weight excluding hydrogens is 218 g/mol. The summed E-state index contributed by atoms with van der Waals surface area (Å²) >= 11 is 0. The van der Waals surface area contributed by atoms with Gasteiger partial charge in [0.25, 0.3) is 0 Å². The monoisotopic (exact) mass is 237 g/mol. The van der Waals surface area contributed by atoms with E-state index in [0.29, 0.717) is 26.4 Å². The predicted octanol–water partition coefficient (Wildman–Crippen LogP) is 1.33.